The van der Waals surface area contributed by atoms with Crippen molar-refractivity contribution < 1.29 is 14.3 Å². The second-order valence-electron chi connectivity index (χ2n) is 5.63. The van der Waals surface area contributed by atoms with E-state index >= 15 is 0 Å². The largest absolute Gasteiger partial charge is 0.497 e. The third kappa shape index (κ3) is 3.16. The zero-order valence-electron chi connectivity index (χ0n) is 13.4. The van der Waals surface area contributed by atoms with Crippen molar-refractivity contribution in [2.24, 2.45) is 0 Å². The highest BCUT2D eigenvalue weighted by Crippen LogP contribution is 2.39. The quantitative estimate of drug-likeness (QED) is 0.940. The van der Waals surface area contributed by atoms with Crippen molar-refractivity contribution in [3.05, 3.63) is 65.2 Å². The van der Waals surface area contributed by atoms with Crippen LogP contribution in [-0.2, 0) is 11.2 Å². The van der Waals surface area contributed by atoms with Gasteiger partial charge < -0.3 is 14.8 Å². The smallest absolute Gasteiger partial charge is 0.407 e. The lowest BCUT2D eigenvalue weighted by Crippen LogP contribution is -2.38. The summed E-state index contributed by atoms with van der Waals surface area (Å²) in [5, 5.41) is 3.01. The molecule has 1 aliphatic rings. The molecular weight excluding hydrogens is 290 g/mol. The number of benzene rings is 2. The maximum Gasteiger partial charge on any atom is 0.407 e. The van der Waals surface area contributed by atoms with Gasteiger partial charge in [-0.15, -0.1) is 0 Å². The van der Waals surface area contributed by atoms with Gasteiger partial charge in [0, 0.05) is 12.0 Å². The second kappa shape index (κ2) is 6.73. The Morgan fingerprint density at radius 1 is 1.22 bits per heavy atom. The Bertz CT molecular complexity index is 684. The average Bonchev–Trinajstić information content (AvgIpc) is 2.92. The molecular formula is C19H21NO3. The van der Waals surface area contributed by atoms with Gasteiger partial charge >= 0.3 is 6.09 Å². The maximum absolute atomic E-state index is 11.9. The van der Waals surface area contributed by atoms with E-state index in [2.05, 4.69) is 29.6 Å². The number of carbonyl (C=O) groups excluding carboxylic acids is 1. The maximum atomic E-state index is 11.9. The number of carbonyl (C=O) groups is 1. The molecule has 0 spiro atoms. The molecule has 0 saturated heterocycles. The first-order valence-electron chi connectivity index (χ1n) is 7.88. The molecule has 23 heavy (non-hydrogen) atoms. The molecule has 1 N–H and O–H groups in total. The molecule has 0 fully saturated rings. The van der Waals surface area contributed by atoms with Crippen molar-refractivity contribution >= 4 is 6.09 Å². The van der Waals surface area contributed by atoms with E-state index in [4.69, 9.17) is 9.47 Å². The lowest BCUT2D eigenvalue weighted by Gasteiger charge is -2.22. The number of alkyl carbamates (subject to hydrolysis) is 1. The van der Waals surface area contributed by atoms with Crippen LogP contribution in [0.1, 0.15) is 29.5 Å². The summed E-state index contributed by atoms with van der Waals surface area (Å²) >= 11 is 0. The van der Waals surface area contributed by atoms with Crippen LogP contribution >= 0.6 is 0 Å². The standard InChI is InChI=1S/C19H21NO3/c1-3-23-19(21)20-17-12-14-11-15(22-2)9-10-16(14)18(17)13-7-5-4-6-8-13/h4-11,17-18H,3,12H2,1-2H3,(H,20,21)/t17-,18-/m1/s1. The van der Waals surface area contributed by atoms with Gasteiger partial charge in [0.1, 0.15) is 5.75 Å². The summed E-state index contributed by atoms with van der Waals surface area (Å²) in [6, 6.07) is 16.4. The van der Waals surface area contributed by atoms with Crippen molar-refractivity contribution in [2.45, 2.75) is 25.3 Å². The minimum absolute atomic E-state index is 0.0152. The van der Waals surface area contributed by atoms with Gasteiger partial charge in [-0.25, -0.2) is 4.79 Å². The van der Waals surface area contributed by atoms with Gasteiger partial charge in [-0.3, -0.25) is 0 Å². The lowest BCUT2D eigenvalue weighted by molar-refractivity contribution is 0.147. The van der Waals surface area contributed by atoms with Crippen molar-refractivity contribution in [2.75, 3.05) is 13.7 Å². The van der Waals surface area contributed by atoms with Gasteiger partial charge in [-0.05, 0) is 42.2 Å². The topological polar surface area (TPSA) is 47.6 Å². The number of fused-ring (bicyclic) bond motifs is 1. The van der Waals surface area contributed by atoms with Gasteiger partial charge in [0.2, 0.25) is 0 Å². The summed E-state index contributed by atoms with van der Waals surface area (Å²) in [7, 11) is 1.67. The molecule has 0 aliphatic heterocycles. The van der Waals surface area contributed by atoms with Crippen LogP contribution in [0.25, 0.3) is 0 Å². The van der Waals surface area contributed by atoms with E-state index in [1.54, 1.807) is 7.11 Å². The highest BCUT2D eigenvalue weighted by molar-refractivity contribution is 5.68. The Morgan fingerprint density at radius 3 is 2.70 bits per heavy atom. The highest BCUT2D eigenvalue weighted by Gasteiger charge is 2.35. The van der Waals surface area contributed by atoms with Crippen molar-refractivity contribution in [3.8, 4) is 5.75 Å². The molecule has 4 heteroatoms. The number of methoxy groups -OCH3 is 1. The van der Waals surface area contributed by atoms with E-state index < -0.39 is 0 Å². The minimum Gasteiger partial charge on any atom is -0.497 e. The third-order valence-electron chi connectivity index (χ3n) is 4.26. The Morgan fingerprint density at radius 2 is 2.00 bits per heavy atom. The number of hydrogen-bond donors (Lipinski definition) is 1. The van der Waals surface area contributed by atoms with Gasteiger partial charge in [-0.1, -0.05) is 36.4 Å². The minimum atomic E-state index is -0.363. The molecule has 0 unspecified atom stereocenters. The number of nitrogens with one attached hydrogen (secondary N) is 1. The Kier molecular flexibility index (Phi) is 4.51. The first-order chi connectivity index (χ1) is 11.2. The number of hydrogen-bond acceptors (Lipinski definition) is 3. The lowest BCUT2D eigenvalue weighted by atomic mass is 9.90. The summed E-state index contributed by atoms with van der Waals surface area (Å²) in [4.78, 5) is 11.9. The van der Waals surface area contributed by atoms with E-state index in [0.717, 1.165) is 12.2 Å². The van der Waals surface area contributed by atoms with Crippen LogP contribution in [0.5, 0.6) is 5.75 Å². The van der Waals surface area contributed by atoms with E-state index in [9.17, 15) is 4.79 Å². The van der Waals surface area contributed by atoms with Crippen LogP contribution in [0.4, 0.5) is 4.79 Å². The van der Waals surface area contributed by atoms with Crippen LogP contribution < -0.4 is 10.1 Å². The van der Waals surface area contributed by atoms with Gasteiger partial charge in [-0.2, -0.15) is 0 Å². The van der Waals surface area contributed by atoms with Crippen LogP contribution in [0.2, 0.25) is 0 Å². The zero-order valence-corrected chi connectivity index (χ0v) is 13.4. The predicted octanol–water partition coefficient (Wildman–Crippen LogP) is 3.50. The Balaban J connectivity index is 1.95. The molecule has 1 amide bonds. The van der Waals surface area contributed by atoms with E-state index in [0.29, 0.717) is 6.61 Å². The SMILES string of the molecule is CCOC(=O)N[C@@H]1Cc2cc(OC)ccc2[C@H]1c1ccccc1. The number of rotatable bonds is 4. The van der Waals surface area contributed by atoms with Crippen LogP contribution in [-0.4, -0.2) is 25.9 Å². The zero-order chi connectivity index (χ0) is 16.2. The molecule has 0 bridgehead atoms. The fraction of sp³-hybridized carbons (Fsp3) is 0.316. The highest BCUT2D eigenvalue weighted by atomic mass is 16.5. The Labute approximate surface area is 136 Å². The first kappa shape index (κ1) is 15.4. The monoisotopic (exact) mass is 311 g/mol. The summed E-state index contributed by atoms with van der Waals surface area (Å²) in [6.45, 7) is 2.18. The van der Waals surface area contributed by atoms with Crippen molar-refractivity contribution in [1.82, 2.24) is 5.32 Å². The molecule has 2 aromatic rings. The normalized spacial score (nSPS) is 19.0. The molecule has 2 aromatic carbocycles. The molecule has 0 radical (unpaired) electrons. The third-order valence-corrected chi connectivity index (χ3v) is 4.26. The summed E-state index contributed by atoms with van der Waals surface area (Å²) in [6.07, 6.45) is 0.406. The fourth-order valence-electron chi connectivity index (χ4n) is 3.29. The predicted molar refractivity (Wildman–Crippen MR) is 88.9 cm³/mol. The second-order valence-corrected chi connectivity index (χ2v) is 5.63. The van der Waals surface area contributed by atoms with Crippen LogP contribution in [0, 0.1) is 0 Å². The molecule has 3 rings (SSSR count). The van der Waals surface area contributed by atoms with E-state index in [1.165, 1.54) is 16.7 Å². The first-order valence-corrected chi connectivity index (χ1v) is 7.88. The Hall–Kier alpha value is -2.49. The fourth-order valence-corrected chi connectivity index (χ4v) is 3.29. The average molecular weight is 311 g/mol. The summed E-state index contributed by atoms with van der Waals surface area (Å²) < 4.78 is 10.4. The number of amides is 1. The molecule has 2 atom stereocenters. The molecule has 120 valence electrons. The summed E-state index contributed by atoms with van der Waals surface area (Å²) in [5.74, 6) is 0.967. The van der Waals surface area contributed by atoms with Crippen LogP contribution in [0.15, 0.2) is 48.5 Å². The van der Waals surface area contributed by atoms with Crippen molar-refractivity contribution in [1.29, 1.82) is 0 Å². The van der Waals surface area contributed by atoms with Gasteiger partial charge in [0.25, 0.3) is 0 Å². The van der Waals surface area contributed by atoms with Crippen molar-refractivity contribution in [3.63, 3.8) is 0 Å². The molecule has 0 aromatic heterocycles. The molecule has 0 saturated carbocycles. The molecule has 0 heterocycles. The van der Waals surface area contributed by atoms with Crippen LogP contribution in [0.3, 0.4) is 0 Å². The van der Waals surface area contributed by atoms with Gasteiger partial charge in [0.15, 0.2) is 0 Å². The van der Waals surface area contributed by atoms with Gasteiger partial charge in [0.05, 0.1) is 13.7 Å². The van der Waals surface area contributed by atoms with E-state index in [1.807, 2.05) is 31.2 Å². The molecule has 4 nitrogen and oxygen atoms in total. The number of ether oxygens (including phenoxy) is 2. The van der Waals surface area contributed by atoms with E-state index in [-0.39, 0.29) is 18.1 Å². The molecule has 1 aliphatic carbocycles. The summed E-state index contributed by atoms with van der Waals surface area (Å²) in [5.41, 5.74) is 3.64.